The zero-order valence-electron chi connectivity index (χ0n) is 8.49. The van der Waals surface area contributed by atoms with E-state index >= 15 is 0 Å². The number of anilines is 1. The van der Waals surface area contributed by atoms with Gasteiger partial charge in [-0.15, -0.1) is 0 Å². The van der Waals surface area contributed by atoms with Gasteiger partial charge in [-0.2, -0.15) is 0 Å². The van der Waals surface area contributed by atoms with Crippen molar-refractivity contribution >= 4 is 17.3 Å². The van der Waals surface area contributed by atoms with E-state index in [1.165, 1.54) is 18.7 Å². The second-order valence-corrected chi connectivity index (χ2v) is 4.84. The number of aromatic nitrogens is 1. The lowest BCUT2D eigenvalue weighted by atomic mass is 10.00. The first kappa shape index (κ1) is 9.43. The highest BCUT2D eigenvalue weighted by Gasteiger charge is 2.32. The minimum absolute atomic E-state index is 0.567. The van der Waals surface area contributed by atoms with Gasteiger partial charge in [0.25, 0.3) is 0 Å². The number of pyridine rings is 1. The maximum absolute atomic E-state index is 5.78. The zero-order valence-corrected chi connectivity index (χ0v) is 9.24. The lowest BCUT2D eigenvalue weighted by Gasteiger charge is -2.32. The van der Waals surface area contributed by atoms with Gasteiger partial charge in [0.1, 0.15) is 5.15 Å². The van der Waals surface area contributed by atoms with Gasteiger partial charge in [0, 0.05) is 25.7 Å². The second kappa shape index (κ2) is 3.65. The summed E-state index contributed by atoms with van der Waals surface area (Å²) in [6.45, 7) is 3.41. The van der Waals surface area contributed by atoms with Crippen molar-refractivity contribution < 1.29 is 0 Å². The molecule has 0 saturated carbocycles. The van der Waals surface area contributed by atoms with Crippen molar-refractivity contribution in [3.05, 3.63) is 23.5 Å². The van der Waals surface area contributed by atoms with Crippen molar-refractivity contribution in [2.75, 3.05) is 24.5 Å². The highest BCUT2D eigenvalue weighted by Crippen LogP contribution is 2.26. The van der Waals surface area contributed by atoms with Gasteiger partial charge < -0.3 is 10.2 Å². The van der Waals surface area contributed by atoms with Gasteiger partial charge in [-0.25, -0.2) is 4.98 Å². The molecule has 1 N–H and O–H groups in total. The molecule has 0 amide bonds. The quantitative estimate of drug-likeness (QED) is 0.732. The van der Waals surface area contributed by atoms with Gasteiger partial charge in [-0.1, -0.05) is 11.6 Å². The summed E-state index contributed by atoms with van der Waals surface area (Å²) in [6, 6.07) is 4.58. The summed E-state index contributed by atoms with van der Waals surface area (Å²) in [6.07, 6.45) is 3.20. The molecule has 1 aromatic rings. The summed E-state index contributed by atoms with van der Waals surface area (Å²) >= 11 is 5.78. The number of piperidine rings is 1. The van der Waals surface area contributed by atoms with Gasteiger partial charge in [-0.05, 0) is 24.5 Å². The van der Waals surface area contributed by atoms with Crippen LogP contribution in [0.3, 0.4) is 0 Å². The standard InChI is InChI=1S/C11H14ClN3/c12-11-2-1-10(5-14-11)15-6-8-3-9(7-15)13-4-8/h1-2,5,8-9,13H,3-4,6-7H2/t8-,9-/m0/s1. The highest BCUT2D eigenvalue weighted by atomic mass is 35.5. The van der Waals surface area contributed by atoms with E-state index in [9.17, 15) is 0 Å². The van der Waals surface area contributed by atoms with Crippen LogP contribution in [0, 0.1) is 5.92 Å². The Labute approximate surface area is 94.4 Å². The van der Waals surface area contributed by atoms with Gasteiger partial charge in [-0.3, -0.25) is 0 Å². The molecule has 0 aliphatic carbocycles. The van der Waals surface area contributed by atoms with Gasteiger partial charge in [0.05, 0.1) is 11.9 Å². The van der Waals surface area contributed by atoms with Crippen LogP contribution in [0.25, 0.3) is 0 Å². The maximum atomic E-state index is 5.78. The van der Waals surface area contributed by atoms with Crippen LogP contribution in [0.1, 0.15) is 6.42 Å². The number of hydrogen-bond acceptors (Lipinski definition) is 3. The SMILES string of the molecule is Clc1ccc(N2C[C@@H]3CN[C@@H](C3)C2)cn1. The molecule has 3 heterocycles. The second-order valence-electron chi connectivity index (χ2n) is 4.45. The van der Waals surface area contributed by atoms with Crippen molar-refractivity contribution in [3.63, 3.8) is 0 Å². The predicted molar refractivity (Wildman–Crippen MR) is 61.4 cm³/mol. The third-order valence-electron chi connectivity index (χ3n) is 3.31. The molecule has 1 aromatic heterocycles. The third kappa shape index (κ3) is 1.82. The number of hydrogen-bond donors (Lipinski definition) is 1. The molecule has 0 aromatic carbocycles. The van der Waals surface area contributed by atoms with Crippen molar-refractivity contribution in [3.8, 4) is 0 Å². The predicted octanol–water partition coefficient (Wildman–Crippen LogP) is 1.53. The van der Waals surface area contributed by atoms with Crippen LogP contribution in [0.15, 0.2) is 18.3 Å². The molecule has 2 fully saturated rings. The van der Waals surface area contributed by atoms with Crippen LogP contribution in [-0.4, -0.2) is 30.7 Å². The number of nitrogens with one attached hydrogen (secondary N) is 1. The first-order chi connectivity index (χ1) is 7.31. The van der Waals surface area contributed by atoms with Crippen LogP contribution in [0.2, 0.25) is 5.15 Å². The molecular formula is C11H14ClN3. The van der Waals surface area contributed by atoms with E-state index in [2.05, 4.69) is 21.3 Å². The third-order valence-corrected chi connectivity index (χ3v) is 3.53. The maximum Gasteiger partial charge on any atom is 0.129 e. The summed E-state index contributed by atoms with van der Waals surface area (Å²) in [5, 5.41) is 4.11. The van der Waals surface area contributed by atoms with Crippen molar-refractivity contribution in [1.29, 1.82) is 0 Å². The highest BCUT2D eigenvalue weighted by molar-refractivity contribution is 6.29. The number of nitrogens with zero attached hydrogens (tertiary/aromatic N) is 2. The van der Waals surface area contributed by atoms with Gasteiger partial charge in [0.2, 0.25) is 0 Å². The lowest BCUT2D eigenvalue weighted by molar-refractivity contribution is 0.474. The Morgan fingerprint density at radius 1 is 1.40 bits per heavy atom. The Hall–Kier alpha value is -0.800. The Morgan fingerprint density at radius 2 is 2.33 bits per heavy atom. The fraction of sp³-hybridized carbons (Fsp3) is 0.545. The molecule has 0 unspecified atom stereocenters. The minimum atomic E-state index is 0.567. The van der Waals surface area contributed by atoms with Crippen molar-refractivity contribution in [2.24, 2.45) is 5.92 Å². The molecule has 0 radical (unpaired) electrons. The molecule has 3 rings (SSSR count). The molecule has 2 aliphatic rings. The molecule has 3 nitrogen and oxygen atoms in total. The number of halogens is 1. The monoisotopic (exact) mass is 223 g/mol. The summed E-state index contributed by atoms with van der Waals surface area (Å²) < 4.78 is 0. The topological polar surface area (TPSA) is 28.2 Å². The summed E-state index contributed by atoms with van der Waals surface area (Å²) in [5.74, 6) is 0.805. The zero-order chi connectivity index (χ0) is 10.3. The van der Waals surface area contributed by atoms with E-state index in [0.29, 0.717) is 11.2 Å². The van der Waals surface area contributed by atoms with Crippen LogP contribution in [-0.2, 0) is 0 Å². The molecule has 2 atom stereocenters. The number of rotatable bonds is 1. The smallest absolute Gasteiger partial charge is 0.129 e. The van der Waals surface area contributed by atoms with Gasteiger partial charge >= 0.3 is 0 Å². The number of fused-ring (bicyclic) bond motifs is 2. The average Bonchev–Trinajstić information content (AvgIpc) is 2.59. The van der Waals surface area contributed by atoms with Crippen LogP contribution < -0.4 is 10.2 Å². The summed E-state index contributed by atoms with van der Waals surface area (Å²) in [5.41, 5.74) is 1.19. The Kier molecular flexibility index (Phi) is 2.29. The molecule has 15 heavy (non-hydrogen) atoms. The van der Waals surface area contributed by atoms with E-state index in [1.807, 2.05) is 12.3 Å². The molecular weight excluding hydrogens is 210 g/mol. The Balaban J connectivity index is 1.80. The average molecular weight is 224 g/mol. The van der Waals surface area contributed by atoms with Gasteiger partial charge in [0.15, 0.2) is 0 Å². The fourth-order valence-corrected chi connectivity index (χ4v) is 2.71. The van der Waals surface area contributed by atoms with Crippen LogP contribution in [0.5, 0.6) is 0 Å². The van der Waals surface area contributed by atoms with E-state index in [-0.39, 0.29) is 0 Å². The molecule has 2 aliphatic heterocycles. The minimum Gasteiger partial charge on any atom is -0.368 e. The van der Waals surface area contributed by atoms with E-state index in [4.69, 9.17) is 11.6 Å². The van der Waals surface area contributed by atoms with E-state index in [0.717, 1.165) is 19.0 Å². The molecule has 80 valence electrons. The molecule has 2 bridgehead atoms. The molecule has 0 spiro atoms. The first-order valence-corrected chi connectivity index (χ1v) is 5.79. The Morgan fingerprint density at radius 3 is 3.07 bits per heavy atom. The summed E-state index contributed by atoms with van der Waals surface area (Å²) in [4.78, 5) is 6.53. The van der Waals surface area contributed by atoms with E-state index < -0.39 is 0 Å². The van der Waals surface area contributed by atoms with Crippen molar-refractivity contribution in [2.45, 2.75) is 12.5 Å². The van der Waals surface area contributed by atoms with Crippen LogP contribution in [0.4, 0.5) is 5.69 Å². The van der Waals surface area contributed by atoms with E-state index in [1.54, 1.807) is 0 Å². The molecule has 4 heteroatoms. The molecule has 2 saturated heterocycles. The Bertz CT molecular complexity index is 339. The normalized spacial score (nSPS) is 29.5. The largest absolute Gasteiger partial charge is 0.368 e. The fourth-order valence-electron chi connectivity index (χ4n) is 2.60. The van der Waals surface area contributed by atoms with Crippen LogP contribution >= 0.6 is 11.6 Å². The van der Waals surface area contributed by atoms with Crippen molar-refractivity contribution in [1.82, 2.24) is 10.3 Å². The first-order valence-electron chi connectivity index (χ1n) is 5.41. The lowest BCUT2D eigenvalue weighted by Crippen LogP contribution is -2.41. The summed E-state index contributed by atoms with van der Waals surface area (Å²) in [7, 11) is 0.